The van der Waals surface area contributed by atoms with E-state index in [1.54, 1.807) is 11.3 Å². The van der Waals surface area contributed by atoms with Crippen molar-refractivity contribution >= 4 is 38.1 Å². The number of hydrogen-bond donors (Lipinski definition) is 1. The summed E-state index contributed by atoms with van der Waals surface area (Å²) >= 11 is 5.08. The number of halogens is 1. The highest BCUT2D eigenvalue weighted by molar-refractivity contribution is 9.10. The summed E-state index contributed by atoms with van der Waals surface area (Å²) in [6, 6.07) is 16.5. The zero-order valence-corrected chi connectivity index (χ0v) is 13.3. The Morgan fingerprint density at radius 3 is 2.65 bits per heavy atom. The molecule has 2 aromatic carbocycles. The average Bonchev–Trinajstić information content (AvgIpc) is 2.88. The molecular weight excluding hydrogens is 332 g/mol. The number of aromatic nitrogens is 1. The summed E-state index contributed by atoms with van der Waals surface area (Å²) in [6.07, 6.45) is 0. The van der Waals surface area contributed by atoms with Gasteiger partial charge in [0.05, 0.1) is 5.69 Å². The molecule has 0 unspecified atom stereocenters. The standard InChI is InChI=1S/C16H13BrN2S/c1-11-5-7-12(8-6-11)15-10-20-16(19-15)18-14-4-2-3-13(17)9-14/h2-10H,1H3,(H,18,19). The van der Waals surface area contributed by atoms with Crippen LogP contribution in [0.4, 0.5) is 10.8 Å². The molecule has 3 rings (SSSR count). The van der Waals surface area contributed by atoms with Crippen LogP contribution in [-0.4, -0.2) is 4.98 Å². The zero-order chi connectivity index (χ0) is 13.9. The van der Waals surface area contributed by atoms with Crippen LogP contribution >= 0.6 is 27.3 Å². The molecule has 0 saturated heterocycles. The minimum Gasteiger partial charge on any atom is -0.332 e. The van der Waals surface area contributed by atoms with E-state index >= 15 is 0 Å². The molecule has 0 radical (unpaired) electrons. The Labute approximate surface area is 130 Å². The van der Waals surface area contributed by atoms with Crippen molar-refractivity contribution in [2.24, 2.45) is 0 Å². The van der Waals surface area contributed by atoms with Crippen molar-refractivity contribution in [2.45, 2.75) is 6.92 Å². The SMILES string of the molecule is Cc1ccc(-c2csc(Nc3cccc(Br)c3)n2)cc1. The van der Waals surface area contributed by atoms with Crippen molar-refractivity contribution in [3.05, 3.63) is 63.9 Å². The molecule has 0 saturated carbocycles. The van der Waals surface area contributed by atoms with Gasteiger partial charge in [-0.15, -0.1) is 11.3 Å². The van der Waals surface area contributed by atoms with Crippen molar-refractivity contribution in [3.8, 4) is 11.3 Å². The third-order valence-electron chi connectivity index (χ3n) is 2.93. The lowest BCUT2D eigenvalue weighted by molar-refractivity contribution is 1.37. The molecule has 2 nitrogen and oxygen atoms in total. The van der Waals surface area contributed by atoms with E-state index in [-0.39, 0.29) is 0 Å². The van der Waals surface area contributed by atoms with Crippen LogP contribution in [0.25, 0.3) is 11.3 Å². The van der Waals surface area contributed by atoms with Crippen molar-refractivity contribution in [1.82, 2.24) is 4.98 Å². The Morgan fingerprint density at radius 1 is 1.10 bits per heavy atom. The summed E-state index contributed by atoms with van der Waals surface area (Å²) in [4.78, 5) is 4.63. The number of aryl methyl sites for hydroxylation is 1. The normalized spacial score (nSPS) is 10.5. The summed E-state index contributed by atoms with van der Waals surface area (Å²) in [6.45, 7) is 2.09. The number of rotatable bonds is 3. The maximum atomic E-state index is 4.63. The van der Waals surface area contributed by atoms with Gasteiger partial charge in [0.25, 0.3) is 0 Å². The van der Waals surface area contributed by atoms with Gasteiger partial charge in [0, 0.05) is 21.1 Å². The summed E-state index contributed by atoms with van der Waals surface area (Å²) in [7, 11) is 0. The number of thiazole rings is 1. The van der Waals surface area contributed by atoms with E-state index in [2.05, 4.69) is 62.8 Å². The van der Waals surface area contributed by atoms with Crippen LogP contribution in [0.5, 0.6) is 0 Å². The van der Waals surface area contributed by atoms with Gasteiger partial charge >= 0.3 is 0 Å². The van der Waals surface area contributed by atoms with E-state index in [0.717, 1.165) is 26.5 Å². The number of hydrogen-bond acceptors (Lipinski definition) is 3. The first-order valence-corrected chi connectivity index (χ1v) is 7.93. The molecule has 20 heavy (non-hydrogen) atoms. The van der Waals surface area contributed by atoms with E-state index in [4.69, 9.17) is 0 Å². The molecule has 0 aliphatic carbocycles. The highest BCUT2D eigenvalue weighted by Gasteiger charge is 2.04. The molecule has 4 heteroatoms. The summed E-state index contributed by atoms with van der Waals surface area (Å²) in [5, 5.41) is 6.30. The third kappa shape index (κ3) is 3.08. The lowest BCUT2D eigenvalue weighted by Gasteiger charge is -2.02. The first kappa shape index (κ1) is 13.3. The summed E-state index contributed by atoms with van der Waals surface area (Å²) < 4.78 is 1.05. The molecule has 0 fully saturated rings. The van der Waals surface area contributed by atoms with Gasteiger partial charge in [-0.2, -0.15) is 0 Å². The largest absolute Gasteiger partial charge is 0.332 e. The van der Waals surface area contributed by atoms with Gasteiger partial charge in [0.1, 0.15) is 0 Å². The van der Waals surface area contributed by atoms with Gasteiger partial charge in [-0.25, -0.2) is 4.98 Å². The van der Waals surface area contributed by atoms with E-state index in [1.165, 1.54) is 5.56 Å². The predicted molar refractivity (Wildman–Crippen MR) is 89.7 cm³/mol. The fraction of sp³-hybridized carbons (Fsp3) is 0.0625. The minimum atomic E-state index is 0.902. The van der Waals surface area contributed by atoms with Gasteiger partial charge in [-0.3, -0.25) is 0 Å². The first-order chi connectivity index (χ1) is 9.70. The topological polar surface area (TPSA) is 24.9 Å². The van der Waals surface area contributed by atoms with Gasteiger partial charge in [-0.1, -0.05) is 51.8 Å². The van der Waals surface area contributed by atoms with Gasteiger partial charge in [-0.05, 0) is 25.1 Å². The van der Waals surface area contributed by atoms with Crippen LogP contribution in [0.1, 0.15) is 5.56 Å². The van der Waals surface area contributed by atoms with Crippen molar-refractivity contribution in [3.63, 3.8) is 0 Å². The van der Waals surface area contributed by atoms with E-state index in [1.807, 2.05) is 24.3 Å². The number of benzene rings is 2. The lowest BCUT2D eigenvalue weighted by Crippen LogP contribution is -1.89. The minimum absolute atomic E-state index is 0.902. The monoisotopic (exact) mass is 344 g/mol. The van der Waals surface area contributed by atoms with Crippen LogP contribution in [-0.2, 0) is 0 Å². The molecule has 3 aromatic rings. The second-order valence-electron chi connectivity index (χ2n) is 4.54. The molecule has 0 aliphatic rings. The molecule has 1 N–H and O–H groups in total. The molecule has 0 bridgehead atoms. The van der Waals surface area contributed by atoms with Crippen molar-refractivity contribution in [2.75, 3.05) is 5.32 Å². The molecule has 0 amide bonds. The first-order valence-electron chi connectivity index (χ1n) is 6.26. The Morgan fingerprint density at radius 2 is 1.90 bits per heavy atom. The average molecular weight is 345 g/mol. The number of nitrogens with one attached hydrogen (secondary N) is 1. The van der Waals surface area contributed by atoms with Crippen LogP contribution in [0.3, 0.4) is 0 Å². The fourth-order valence-corrected chi connectivity index (χ4v) is 3.02. The van der Waals surface area contributed by atoms with Crippen molar-refractivity contribution < 1.29 is 0 Å². The maximum absolute atomic E-state index is 4.63. The quantitative estimate of drug-likeness (QED) is 0.666. The number of anilines is 2. The van der Waals surface area contributed by atoms with Crippen LogP contribution in [0.2, 0.25) is 0 Å². The molecule has 1 heterocycles. The summed E-state index contributed by atoms with van der Waals surface area (Å²) in [5.41, 5.74) is 4.45. The van der Waals surface area contributed by atoms with E-state index in [9.17, 15) is 0 Å². The van der Waals surface area contributed by atoms with Crippen molar-refractivity contribution in [1.29, 1.82) is 0 Å². The molecule has 0 spiro atoms. The lowest BCUT2D eigenvalue weighted by atomic mass is 10.1. The highest BCUT2D eigenvalue weighted by Crippen LogP contribution is 2.28. The Balaban J connectivity index is 1.82. The van der Waals surface area contributed by atoms with Gasteiger partial charge in [0.15, 0.2) is 5.13 Å². The third-order valence-corrected chi connectivity index (χ3v) is 4.18. The Bertz CT molecular complexity index is 719. The molecule has 100 valence electrons. The number of nitrogens with zero attached hydrogens (tertiary/aromatic N) is 1. The Hall–Kier alpha value is -1.65. The molecular formula is C16H13BrN2S. The van der Waals surface area contributed by atoms with Gasteiger partial charge in [0.2, 0.25) is 0 Å². The molecule has 0 atom stereocenters. The second kappa shape index (κ2) is 5.77. The zero-order valence-electron chi connectivity index (χ0n) is 10.9. The highest BCUT2D eigenvalue weighted by atomic mass is 79.9. The molecule has 0 aliphatic heterocycles. The van der Waals surface area contributed by atoms with Gasteiger partial charge < -0.3 is 5.32 Å². The second-order valence-corrected chi connectivity index (χ2v) is 6.31. The maximum Gasteiger partial charge on any atom is 0.187 e. The summed E-state index contributed by atoms with van der Waals surface area (Å²) in [5.74, 6) is 0. The van der Waals surface area contributed by atoms with Crippen LogP contribution < -0.4 is 5.32 Å². The van der Waals surface area contributed by atoms with E-state index in [0.29, 0.717) is 0 Å². The molecule has 1 aromatic heterocycles. The van der Waals surface area contributed by atoms with Crippen LogP contribution in [0.15, 0.2) is 58.4 Å². The smallest absolute Gasteiger partial charge is 0.187 e. The van der Waals surface area contributed by atoms with Crippen LogP contribution in [0, 0.1) is 6.92 Å². The predicted octanol–water partition coefficient (Wildman–Crippen LogP) is 5.62. The Kier molecular flexibility index (Phi) is 3.85. The fourth-order valence-electron chi connectivity index (χ4n) is 1.88. The van der Waals surface area contributed by atoms with E-state index < -0.39 is 0 Å².